The quantitative estimate of drug-likeness (QED) is 0.394. The number of aromatic amines is 1. The van der Waals surface area contributed by atoms with Crippen LogP contribution < -0.4 is 14.8 Å². The molecule has 0 atom stereocenters. The van der Waals surface area contributed by atoms with Gasteiger partial charge in [-0.3, -0.25) is 19.7 Å². The lowest BCUT2D eigenvalue weighted by Gasteiger charge is -2.00. The van der Waals surface area contributed by atoms with Gasteiger partial charge in [-0.2, -0.15) is 0 Å². The molecule has 0 unspecified atom stereocenters. The molecule has 0 saturated heterocycles. The minimum absolute atomic E-state index is 0.0222. The van der Waals surface area contributed by atoms with Crippen LogP contribution in [0.2, 0.25) is 5.02 Å². The van der Waals surface area contributed by atoms with E-state index in [-0.39, 0.29) is 17.0 Å². The molecule has 8 heteroatoms. The first-order valence-corrected chi connectivity index (χ1v) is 9.56. The fraction of sp³-hybridized carbons (Fsp3) is 0.100. The van der Waals surface area contributed by atoms with E-state index >= 15 is 0 Å². The number of nitro groups is 1. The zero-order valence-corrected chi connectivity index (χ0v) is 16.3. The van der Waals surface area contributed by atoms with Crippen molar-refractivity contribution in [3.8, 4) is 0 Å². The van der Waals surface area contributed by atoms with Crippen molar-refractivity contribution < 1.29 is 9.72 Å². The number of benzene rings is 2. The third-order valence-electron chi connectivity index (χ3n) is 4.06. The van der Waals surface area contributed by atoms with Crippen LogP contribution in [-0.4, -0.2) is 15.7 Å². The summed E-state index contributed by atoms with van der Waals surface area (Å²) in [6.07, 6.45) is 3.46. The molecule has 0 amide bonds. The molecule has 0 aliphatic rings. The van der Waals surface area contributed by atoms with E-state index in [2.05, 4.69) is 4.98 Å². The number of aryl methyl sites for hydroxylation is 1. The molecule has 28 heavy (non-hydrogen) atoms. The van der Waals surface area contributed by atoms with Gasteiger partial charge in [0.15, 0.2) is 5.78 Å². The van der Waals surface area contributed by atoms with Crippen LogP contribution in [0.15, 0.2) is 47.3 Å². The number of nitrogens with zero attached hydrogens (tertiary/aromatic N) is 1. The van der Waals surface area contributed by atoms with Gasteiger partial charge in [0.2, 0.25) is 0 Å². The smallest absolute Gasteiger partial charge is 0.273 e. The molecule has 0 radical (unpaired) electrons. The van der Waals surface area contributed by atoms with Crippen LogP contribution in [-0.2, 0) is 6.42 Å². The van der Waals surface area contributed by atoms with Gasteiger partial charge >= 0.3 is 0 Å². The third-order valence-corrected chi connectivity index (χ3v) is 5.27. The molecule has 0 spiro atoms. The molecule has 142 valence electrons. The number of hydrogen-bond acceptors (Lipinski definition) is 5. The maximum atomic E-state index is 12.3. The summed E-state index contributed by atoms with van der Waals surface area (Å²) in [6, 6.07) is 11.3. The lowest BCUT2D eigenvalue weighted by Crippen LogP contribution is -2.20. The molecule has 3 aromatic rings. The van der Waals surface area contributed by atoms with E-state index in [1.807, 2.05) is 6.92 Å². The van der Waals surface area contributed by atoms with E-state index in [9.17, 15) is 19.7 Å². The summed E-state index contributed by atoms with van der Waals surface area (Å²) in [6.45, 7) is 1.84. The van der Waals surface area contributed by atoms with E-state index < -0.39 is 4.92 Å². The highest BCUT2D eigenvalue weighted by Crippen LogP contribution is 2.21. The number of nitrogens with one attached hydrogen (secondary N) is 1. The molecule has 3 rings (SSSR count). The maximum Gasteiger partial charge on any atom is 0.273 e. The van der Waals surface area contributed by atoms with Crippen LogP contribution in [0.5, 0.6) is 0 Å². The summed E-state index contributed by atoms with van der Waals surface area (Å²) in [5.74, 6) is -0.261. The monoisotopic (exact) mass is 414 g/mol. The van der Waals surface area contributed by atoms with Crippen molar-refractivity contribution in [1.29, 1.82) is 0 Å². The van der Waals surface area contributed by atoms with E-state index in [0.29, 0.717) is 37.3 Å². The van der Waals surface area contributed by atoms with Crippen LogP contribution in [0, 0.1) is 10.1 Å². The predicted octanol–water partition coefficient (Wildman–Crippen LogP) is 3.05. The molecule has 0 fully saturated rings. The Bertz CT molecular complexity index is 1230. The van der Waals surface area contributed by atoms with Crippen LogP contribution in [0.1, 0.15) is 28.4 Å². The molecule has 0 saturated carbocycles. The van der Waals surface area contributed by atoms with Crippen molar-refractivity contribution in [3.63, 3.8) is 0 Å². The summed E-state index contributed by atoms with van der Waals surface area (Å²) in [5, 5.41) is 11.7. The Morgan fingerprint density at radius 1 is 1.25 bits per heavy atom. The molecule has 1 aromatic heterocycles. The van der Waals surface area contributed by atoms with E-state index in [1.54, 1.807) is 42.5 Å². The summed E-state index contributed by atoms with van der Waals surface area (Å²) >= 11 is 6.92. The number of ketones is 1. The first-order chi connectivity index (χ1) is 13.4. The van der Waals surface area contributed by atoms with Gasteiger partial charge in [-0.1, -0.05) is 30.7 Å². The van der Waals surface area contributed by atoms with Gasteiger partial charge in [0.25, 0.3) is 11.2 Å². The average Bonchev–Trinajstić information content (AvgIpc) is 3.00. The third kappa shape index (κ3) is 4.44. The van der Waals surface area contributed by atoms with Crippen molar-refractivity contribution in [2.24, 2.45) is 0 Å². The highest BCUT2D eigenvalue weighted by atomic mass is 35.5. The Balaban J connectivity index is 1.99. The highest BCUT2D eigenvalue weighted by molar-refractivity contribution is 7.07. The minimum atomic E-state index is -0.432. The zero-order chi connectivity index (χ0) is 20.3. The Morgan fingerprint density at radius 3 is 2.61 bits per heavy atom. The van der Waals surface area contributed by atoms with Gasteiger partial charge in [0, 0.05) is 28.3 Å². The second-order valence-corrected chi connectivity index (χ2v) is 7.46. The normalized spacial score (nSPS) is 12.4. The maximum absolute atomic E-state index is 12.3. The SMILES string of the molecule is CCc1ccc(/C=c2/s/c(=C\C(=O)c3ccc(Cl)cc3)[nH]c2=O)cc1[N+](=O)[O-]. The van der Waals surface area contributed by atoms with Crippen molar-refractivity contribution in [1.82, 2.24) is 4.98 Å². The Kier molecular flexibility index (Phi) is 5.87. The van der Waals surface area contributed by atoms with Gasteiger partial charge in [-0.15, -0.1) is 11.3 Å². The highest BCUT2D eigenvalue weighted by Gasteiger charge is 2.12. The topological polar surface area (TPSA) is 93.1 Å². The second kappa shape index (κ2) is 8.33. The molecule has 0 bridgehead atoms. The Labute approximate surface area is 168 Å². The molecule has 2 aromatic carbocycles. The second-order valence-electron chi connectivity index (χ2n) is 5.94. The number of hydrogen-bond donors (Lipinski definition) is 1. The number of aromatic nitrogens is 1. The Hall–Kier alpha value is -3.03. The molecular weight excluding hydrogens is 400 g/mol. The number of H-pyrrole nitrogens is 1. The van der Waals surface area contributed by atoms with Gasteiger partial charge in [0.1, 0.15) is 0 Å². The summed E-state index contributed by atoms with van der Waals surface area (Å²) in [4.78, 5) is 37.9. The lowest BCUT2D eigenvalue weighted by molar-refractivity contribution is -0.385. The van der Waals surface area contributed by atoms with E-state index in [1.165, 1.54) is 12.1 Å². The van der Waals surface area contributed by atoms with Gasteiger partial charge in [-0.05, 0) is 42.3 Å². The van der Waals surface area contributed by atoms with Crippen molar-refractivity contribution in [3.05, 3.63) is 93.8 Å². The molecular formula is C20H15ClN2O4S. The number of nitro benzene ring substituents is 1. The van der Waals surface area contributed by atoms with Crippen LogP contribution in [0.4, 0.5) is 5.69 Å². The first-order valence-electron chi connectivity index (χ1n) is 8.37. The first kappa shape index (κ1) is 19.7. The summed E-state index contributed by atoms with van der Waals surface area (Å²) in [5.41, 5.74) is 1.29. The molecule has 0 aliphatic heterocycles. The molecule has 1 heterocycles. The molecule has 0 aliphatic carbocycles. The van der Waals surface area contributed by atoms with Gasteiger partial charge in [0.05, 0.1) is 14.1 Å². The van der Waals surface area contributed by atoms with Gasteiger partial charge < -0.3 is 4.98 Å². The van der Waals surface area contributed by atoms with Crippen LogP contribution in [0.25, 0.3) is 12.2 Å². The van der Waals surface area contributed by atoms with Crippen molar-refractivity contribution >= 4 is 46.6 Å². The molecule has 1 N–H and O–H groups in total. The number of thiazole rings is 1. The minimum Gasteiger partial charge on any atom is -0.313 e. The fourth-order valence-electron chi connectivity index (χ4n) is 2.63. The lowest BCUT2D eigenvalue weighted by atomic mass is 10.1. The van der Waals surface area contributed by atoms with Gasteiger partial charge in [-0.25, -0.2) is 0 Å². The number of carbonyl (C=O) groups is 1. The predicted molar refractivity (Wildman–Crippen MR) is 110 cm³/mol. The van der Waals surface area contributed by atoms with Crippen LogP contribution >= 0.6 is 22.9 Å². The number of rotatable bonds is 5. The van der Waals surface area contributed by atoms with Crippen molar-refractivity contribution in [2.45, 2.75) is 13.3 Å². The average molecular weight is 415 g/mol. The van der Waals surface area contributed by atoms with Crippen LogP contribution in [0.3, 0.4) is 0 Å². The summed E-state index contributed by atoms with van der Waals surface area (Å²) < 4.78 is 0.754. The standard InChI is InChI=1S/C20H15ClN2O4S/c1-2-13-4-3-12(9-16(13)23(26)27)10-18-20(25)22-19(28-18)11-17(24)14-5-7-15(21)8-6-14/h3-11H,2H2,1H3,(H,22,25)/b18-10+,19-11-. The van der Waals surface area contributed by atoms with E-state index in [4.69, 9.17) is 11.6 Å². The van der Waals surface area contributed by atoms with E-state index in [0.717, 1.165) is 11.3 Å². The largest absolute Gasteiger partial charge is 0.313 e. The number of Topliss-reactive ketones (excluding diaryl/α,β-unsaturated/α-hetero) is 1. The number of halogens is 1. The van der Waals surface area contributed by atoms with Crippen molar-refractivity contribution in [2.75, 3.05) is 0 Å². The summed E-state index contributed by atoms with van der Waals surface area (Å²) in [7, 11) is 0. The molecule has 6 nitrogen and oxygen atoms in total. The zero-order valence-electron chi connectivity index (χ0n) is 14.8. The fourth-order valence-corrected chi connectivity index (χ4v) is 3.64. The Morgan fingerprint density at radius 2 is 1.96 bits per heavy atom. The number of carbonyl (C=O) groups excluding carboxylic acids is 1.